The van der Waals surface area contributed by atoms with Crippen molar-refractivity contribution in [1.82, 2.24) is 9.99 Å². The second-order valence-electron chi connectivity index (χ2n) is 5.45. The summed E-state index contributed by atoms with van der Waals surface area (Å²) in [5.41, 5.74) is 6.78. The molecule has 122 valence electrons. The fourth-order valence-electron chi connectivity index (χ4n) is 2.79. The summed E-state index contributed by atoms with van der Waals surface area (Å²) in [4.78, 5) is 11.1. The van der Waals surface area contributed by atoms with Crippen LogP contribution in [0, 0.1) is 6.92 Å². The number of carbonyl (C=O) groups excluding carboxylic acids is 1. The van der Waals surface area contributed by atoms with Gasteiger partial charge in [-0.15, -0.1) is 0 Å². The molecule has 3 aromatic rings. The summed E-state index contributed by atoms with van der Waals surface area (Å²) in [6.45, 7) is 2.84. The van der Waals surface area contributed by atoms with E-state index in [0.717, 1.165) is 28.7 Å². The van der Waals surface area contributed by atoms with Crippen LogP contribution in [0.3, 0.4) is 0 Å². The van der Waals surface area contributed by atoms with Gasteiger partial charge in [-0.2, -0.15) is 5.10 Å². The summed E-state index contributed by atoms with van der Waals surface area (Å²) in [5, 5.41) is 5.08. The lowest BCUT2D eigenvalue weighted by Crippen LogP contribution is -2.16. The number of nitrogens with one attached hydrogen (secondary N) is 1. The Bertz CT molecular complexity index is 882. The number of rotatable bonds is 4. The highest BCUT2D eigenvalue weighted by molar-refractivity contribution is 6.01. The van der Waals surface area contributed by atoms with Crippen LogP contribution in [-0.4, -0.2) is 24.0 Å². The van der Waals surface area contributed by atoms with E-state index >= 15 is 0 Å². The average Bonchev–Trinajstić information content (AvgIpc) is 2.88. The summed E-state index contributed by atoms with van der Waals surface area (Å²) in [6, 6.07) is 18.5. The Labute approximate surface area is 140 Å². The Kier molecular flexibility index (Phi) is 4.61. The van der Waals surface area contributed by atoms with Gasteiger partial charge < -0.3 is 9.30 Å². The predicted octanol–water partition coefficient (Wildman–Crippen LogP) is 3.69. The molecular weight excluding hydrogens is 302 g/mol. The minimum atomic E-state index is -0.586. The van der Waals surface area contributed by atoms with E-state index in [2.05, 4.69) is 51.0 Å². The van der Waals surface area contributed by atoms with Crippen molar-refractivity contribution < 1.29 is 9.53 Å². The van der Waals surface area contributed by atoms with Crippen molar-refractivity contribution in [3.63, 3.8) is 0 Å². The zero-order valence-corrected chi connectivity index (χ0v) is 13.7. The van der Waals surface area contributed by atoms with E-state index in [0.29, 0.717) is 0 Å². The molecule has 0 saturated carbocycles. The summed E-state index contributed by atoms with van der Waals surface area (Å²) in [7, 11) is 1.31. The number of methoxy groups -OCH3 is 1. The smallest absolute Gasteiger partial charge is 0.427 e. The molecule has 24 heavy (non-hydrogen) atoms. The van der Waals surface area contributed by atoms with Crippen molar-refractivity contribution in [1.29, 1.82) is 0 Å². The standard InChI is InChI=1S/C19H19N3O2/c1-14-17(12-20-21-19(23)24-2)16-10-6-7-11-18(16)22(14)13-15-8-4-3-5-9-15/h3-12H,13H2,1-2H3,(H,21,23)/b20-12-. The van der Waals surface area contributed by atoms with Gasteiger partial charge in [0.25, 0.3) is 0 Å². The van der Waals surface area contributed by atoms with Crippen LogP contribution in [0.2, 0.25) is 0 Å². The number of benzene rings is 2. The molecular formula is C19H19N3O2. The zero-order valence-electron chi connectivity index (χ0n) is 13.7. The van der Waals surface area contributed by atoms with Gasteiger partial charge in [0.1, 0.15) is 0 Å². The lowest BCUT2D eigenvalue weighted by atomic mass is 10.1. The van der Waals surface area contributed by atoms with Crippen LogP contribution in [0.1, 0.15) is 16.8 Å². The molecule has 0 fully saturated rings. The normalized spacial score (nSPS) is 11.1. The van der Waals surface area contributed by atoms with Crippen LogP contribution < -0.4 is 5.43 Å². The highest BCUT2D eigenvalue weighted by Crippen LogP contribution is 2.25. The first-order valence-corrected chi connectivity index (χ1v) is 7.69. The molecule has 0 aliphatic rings. The second kappa shape index (κ2) is 7.00. The lowest BCUT2D eigenvalue weighted by molar-refractivity contribution is 0.171. The molecule has 1 aromatic heterocycles. The number of hydrogen-bond acceptors (Lipinski definition) is 3. The summed E-state index contributed by atoms with van der Waals surface area (Å²) >= 11 is 0. The van der Waals surface area contributed by atoms with Crippen molar-refractivity contribution in [2.45, 2.75) is 13.5 Å². The van der Waals surface area contributed by atoms with Crippen molar-refractivity contribution in [3.8, 4) is 0 Å². The van der Waals surface area contributed by atoms with E-state index in [9.17, 15) is 4.79 Å². The molecule has 5 nitrogen and oxygen atoms in total. The number of aromatic nitrogens is 1. The molecule has 2 aromatic carbocycles. The van der Waals surface area contributed by atoms with Crippen molar-refractivity contribution >= 4 is 23.2 Å². The molecule has 0 aliphatic heterocycles. The monoisotopic (exact) mass is 321 g/mol. The van der Waals surface area contributed by atoms with Gasteiger partial charge in [-0.3, -0.25) is 0 Å². The van der Waals surface area contributed by atoms with Gasteiger partial charge in [0, 0.05) is 28.7 Å². The highest BCUT2D eigenvalue weighted by Gasteiger charge is 2.12. The van der Waals surface area contributed by atoms with E-state index < -0.39 is 6.09 Å². The molecule has 0 spiro atoms. The number of para-hydroxylation sites is 1. The molecule has 0 aliphatic carbocycles. The Morgan fingerprint density at radius 2 is 1.88 bits per heavy atom. The van der Waals surface area contributed by atoms with Crippen molar-refractivity contribution in [3.05, 3.63) is 71.4 Å². The number of amides is 1. The largest absolute Gasteiger partial charge is 0.452 e. The van der Waals surface area contributed by atoms with Crippen LogP contribution >= 0.6 is 0 Å². The van der Waals surface area contributed by atoms with Crippen LogP contribution in [0.15, 0.2) is 59.7 Å². The van der Waals surface area contributed by atoms with Crippen molar-refractivity contribution in [2.24, 2.45) is 5.10 Å². The first kappa shape index (κ1) is 15.8. The van der Waals surface area contributed by atoms with Crippen molar-refractivity contribution in [2.75, 3.05) is 7.11 Å². The number of hydrogen-bond donors (Lipinski definition) is 1. The van der Waals surface area contributed by atoms with E-state index in [4.69, 9.17) is 0 Å². The molecule has 0 bridgehead atoms. The maximum atomic E-state index is 11.1. The van der Waals surface area contributed by atoms with Gasteiger partial charge in [-0.25, -0.2) is 10.2 Å². The van der Waals surface area contributed by atoms with Crippen LogP contribution in [0.25, 0.3) is 10.9 Å². The predicted molar refractivity (Wildman–Crippen MR) is 95.4 cm³/mol. The zero-order chi connectivity index (χ0) is 16.9. The quantitative estimate of drug-likeness (QED) is 0.588. The third-order valence-electron chi connectivity index (χ3n) is 4.00. The lowest BCUT2D eigenvalue weighted by Gasteiger charge is -2.08. The Morgan fingerprint density at radius 1 is 1.17 bits per heavy atom. The molecule has 3 rings (SSSR count). The first-order valence-electron chi connectivity index (χ1n) is 7.69. The summed E-state index contributed by atoms with van der Waals surface area (Å²) < 4.78 is 6.78. The topological polar surface area (TPSA) is 55.6 Å². The van der Waals surface area contributed by atoms with E-state index in [1.165, 1.54) is 12.7 Å². The van der Waals surface area contributed by atoms with Gasteiger partial charge in [-0.05, 0) is 18.6 Å². The Morgan fingerprint density at radius 3 is 2.62 bits per heavy atom. The van der Waals surface area contributed by atoms with E-state index in [1.807, 2.05) is 30.3 Å². The van der Waals surface area contributed by atoms with Gasteiger partial charge >= 0.3 is 6.09 Å². The molecule has 0 unspecified atom stereocenters. The van der Waals surface area contributed by atoms with Gasteiger partial charge in [-0.1, -0.05) is 48.5 Å². The third kappa shape index (κ3) is 3.15. The third-order valence-corrected chi connectivity index (χ3v) is 4.00. The molecule has 1 amide bonds. The second-order valence-corrected chi connectivity index (χ2v) is 5.45. The number of carbonyl (C=O) groups is 1. The number of fused-ring (bicyclic) bond motifs is 1. The van der Waals surface area contributed by atoms with E-state index in [-0.39, 0.29) is 0 Å². The average molecular weight is 321 g/mol. The number of hydrazone groups is 1. The SMILES string of the molecule is COC(=O)N/N=C\c1c(C)n(Cc2ccccc2)c2ccccc12. The maximum Gasteiger partial charge on any atom is 0.427 e. The maximum absolute atomic E-state index is 11.1. The Hall–Kier alpha value is -3.08. The first-order chi connectivity index (χ1) is 11.7. The minimum absolute atomic E-state index is 0.586. The molecule has 1 N–H and O–H groups in total. The van der Waals surface area contributed by atoms with Crippen LogP contribution in [0.4, 0.5) is 4.79 Å². The minimum Gasteiger partial charge on any atom is -0.452 e. The number of ether oxygens (including phenoxy) is 1. The molecule has 5 heteroatoms. The molecule has 1 heterocycles. The van der Waals surface area contributed by atoms with Gasteiger partial charge in [0.05, 0.1) is 13.3 Å². The van der Waals surface area contributed by atoms with Gasteiger partial charge in [0.15, 0.2) is 0 Å². The highest BCUT2D eigenvalue weighted by atomic mass is 16.5. The molecule has 0 radical (unpaired) electrons. The van der Waals surface area contributed by atoms with Gasteiger partial charge in [0.2, 0.25) is 0 Å². The Balaban J connectivity index is 2.01. The number of nitrogens with zero attached hydrogens (tertiary/aromatic N) is 2. The van der Waals surface area contributed by atoms with Crippen LogP contribution in [0.5, 0.6) is 0 Å². The fraction of sp³-hybridized carbons (Fsp3) is 0.158. The van der Waals surface area contributed by atoms with Crippen LogP contribution in [-0.2, 0) is 11.3 Å². The summed E-state index contributed by atoms with van der Waals surface area (Å²) in [6.07, 6.45) is 1.08. The molecule has 0 saturated heterocycles. The summed E-state index contributed by atoms with van der Waals surface area (Å²) in [5.74, 6) is 0. The van der Waals surface area contributed by atoms with E-state index in [1.54, 1.807) is 6.21 Å². The fourth-order valence-corrected chi connectivity index (χ4v) is 2.79. The molecule has 0 atom stereocenters.